The van der Waals surface area contributed by atoms with Gasteiger partial charge >= 0.3 is 5.97 Å². The van der Waals surface area contributed by atoms with Crippen LogP contribution in [0.4, 0.5) is 11.5 Å². The van der Waals surface area contributed by atoms with Crippen molar-refractivity contribution >= 4 is 23.4 Å². The average Bonchev–Trinajstić information content (AvgIpc) is 2.89. The van der Waals surface area contributed by atoms with Crippen molar-refractivity contribution in [2.45, 2.75) is 26.5 Å². The van der Waals surface area contributed by atoms with E-state index in [0.29, 0.717) is 16.9 Å². The molecule has 2 heterocycles. The van der Waals surface area contributed by atoms with E-state index in [4.69, 9.17) is 4.74 Å². The molecular formula is C28H32N4O3. The third-order valence-corrected chi connectivity index (χ3v) is 6.08. The molecule has 4 rings (SSSR count). The molecule has 0 unspecified atom stereocenters. The van der Waals surface area contributed by atoms with Gasteiger partial charge in [0.05, 0.1) is 6.10 Å². The second-order valence-electron chi connectivity index (χ2n) is 8.99. The lowest BCUT2D eigenvalue weighted by molar-refractivity contribution is 0.0378. The van der Waals surface area contributed by atoms with Gasteiger partial charge in [0.15, 0.2) is 0 Å². The highest BCUT2D eigenvalue weighted by Crippen LogP contribution is 2.22. The number of rotatable bonds is 7. The summed E-state index contributed by atoms with van der Waals surface area (Å²) in [5, 5.41) is 0. The van der Waals surface area contributed by atoms with Crippen molar-refractivity contribution in [1.82, 2.24) is 9.88 Å². The smallest absolute Gasteiger partial charge is 0.342 e. The van der Waals surface area contributed by atoms with Crippen LogP contribution >= 0.6 is 0 Å². The Balaban J connectivity index is 1.34. The van der Waals surface area contributed by atoms with Crippen LogP contribution in [0.5, 0.6) is 0 Å². The highest BCUT2D eigenvalue weighted by atomic mass is 16.5. The molecule has 7 nitrogen and oxygen atoms in total. The van der Waals surface area contributed by atoms with Crippen molar-refractivity contribution < 1.29 is 14.3 Å². The zero-order valence-corrected chi connectivity index (χ0v) is 20.6. The second kappa shape index (κ2) is 11.1. The molecule has 0 N–H and O–H groups in total. The van der Waals surface area contributed by atoms with Crippen molar-refractivity contribution in [1.29, 1.82) is 0 Å². The third kappa shape index (κ3) is 6.05. The zero-order valence-electron chi connectivity index (χ0n) is 20.6. The molecule has 0 bridgehead atoms. The van der Waals surface area contributed by atoms with Crippen LogP contribution in [-0.4, -0.2) is 61.1 Å². The Hall–Kier alpha value is -3.71. The van der Waals surface area contributed by atoms with E-state index in [9.17, 15) is 9.59 Å². The summed E-state index contributed by atoms with van der Waals surface area (Å²) in [6.45, 7) is 7.81. The summed E-state index contributed by atoms with van der Waals surface area (Å²) in [6, 6.07) is 21.0. The lowest BCUT2D eigenvalue weighted by Gasteiger charge is -2.36. The molecule has 1 aliphatic rings. The lowest BCUT2D eigenvalue weighted by Crippen LogP contribution is -2.46. The molecule has 0 radical (unpaired) electrons. The molecule has 1 saturated heterocycles. The number of benzene rings is 2. The first-order valence-corrected chi connectivity index (χ1v) is 12.0. The first-order valence-electron chi connectivity index (χ1n) is 12.0. The van der Waals surface area contributed by atoms with Gasteiger partial charge in [-0.1, -0.05) is 30.3 Å². The van der Waals surface area contributed by atoms with Crippen molar-refractivity contribution in [3.8, 4) is 0 Å². The van der Waals surface area contributed by atoms with Crippen LogP contribution in [-0.2, 0) is 11.3 Å². The van der Waals surface area contributed by atoms with Gasteiger partial charge < -0.3 is 14.5 Å². The Bertz CT molecular complexity index is 1140. The van der Waals surface area contributed by atoms with Crippen molar-refractivity contribution in [2.75, 3.05) is 43.0 Å². The number of amides is 1. The van der Waals surface area contributed by atoms with Crippen molar-refractivity contribution in [2.24, 2.45) is 0 Å². The fourth-order valence-electron chi connectivity index (χ4n) is 4.18. The lowest BCUT2D eigenvalue weighted by atomic mass is 10.1. The van der Waals surface area contributed by atoms with Crippen LogP contribution in [0, 0.1) is 0 Å². The maximum atomic E-state index is 12.7. The minimum Gasteiger partial charge on any atom is -0.459 e. The van der Waals surface area contributed by atoms with Gasteiger partial charge in [-0.15, -0.1) is 0 Å². The van der Waals surface area contributed by atoms with Crippen LogP contribution in [0.25, 0.3) is 0 Å². The fraction of sp³-hybridized carbons (Fsp3) is 0.321. The highest BCUT2D eigenvalue weighted by molar-refractivity contribution is 6.05. The van der Waals surface area contributed by atoms with Crippen LogP contribution in [0.15, 0.2) is 72.9 Å². The number of carbonyl (C=O) groups is 2. The Labute approximate surface area is 206 Å². The van der Waals surface area contributed by atoms with Crippen LogP contribution in [0.3, 0.4) is 0 Å². The quantitative estimate of drug-likeness (QED) is 0.479. The summed E-state index contributed by atoms with van der Waals surface area (Å²) in [7, 11) is 1.80. The number of anilines is 2. The van der Waals surface area contributed by atoms with Gasteiger partial charge in [-0.2, -0.15) is 0 Å². The minimum absolute atomic E-state index is 0.0272. The van der Waals surface area contributed by atoms with Crippen LogP contribution in [0.1, 0.15) is 40.1 Å². The predicted octanol–water partition coefficient (Wildman–Crippen LogP) is 4.25. The maximum Gasteiger partial charge on any atom is 0.342 e. The van der Waals surface area contributed by atoms with Gasteiger partial charge in [0.2, 0.25) is 0 Å². The zero-order chi connectivity index (χ0) is 24.8. The molecular weight excluding hydrogens is 440 g/mol. The Kier molecular flexibility index (Phi) is 7.77. The number of hydrogen-bond acceptors (Lipinski definition) is 6. The molecule has 0 saturated carbocycles. The van der Waals surface area contributed by atoms with Gasteiger partial charge in [0, 0.05) is 57.2 Å². The largest absolute Gasteiger partial charge is 0.459 e. The van der Waals surface area contributed by atoms with E-state index in [-0.39, 0.29) is 18.0 Å². The summed E-state index contributed by atoms with van der Waals surface area (Å²) in [5.74, 6) is 0.329. The molecule has 1 aromatic heterocycles. The maximum absolute atomic E-state index is 12.7. The number of esters is 1. The van der Waals surface area contributed by atoms with Crippen molar-refractivity contribution in [3.05, 3.63) is 89.6 Å². The Morgan fingerprint density at radius 3 is 2.29 bits per heavy atom. The molecule has 35 heavy (non-hydrogen) atoms. The molecule has 0 aliphatic carbocycles. The molecule has 1 fully saturated rings. The van der Waals surface area contributed by atoms with Gasteiger partial charge in [-0.3, -0.25) is 9.69 Å². The molecule has 182 valence electrons. The predicted molar refractivity (Wildman–Crippen MR) is 138 cm³/mol. The summed E-state index contributed by atoms with van der Waals surface area (Å²) in [5.41, 5.74) is 3.25. The summed E-state index contributed by atoms with van der Waals surface area (Å²) in [6.07, 6.45) is 1.55. The standard InChI is InChI=1S/C28H32N4O3/c1-21(2)35-28(34)25-10-7-15-29-26(25)32-18-16-31(17-19-32)20-22-11-13-24(14-12-22)30(3)27(33)23-8-5-4-6-9-23/h4-15,21H,16-20H2,1-3H3. The monoisotopic (exact) mass is 472 g/mol. The topological polar surface area (TPSA) is 66.0 Å². The highest BCUT2D eigenvalue weighted by Gasteiger charge is 2.24. The van der Waals surface area contributed by atoms with Gasteiger partial charge in [0.25, 0.3) is 5.91 Å². The third-order valence-electron chi connectivity index (χ3n) is 6.08. The average molecular weight is 473 g/mol. The summed E-state index contributed by atoms with van der Waals surface area (Å²) in [4.78, 5) is 35.9. The molecule has 2 aromatic carbocycles. The first-order chi connectivity index (χ1) is 16.9. The van der Waals surface area contributed by atoms with E-state index in [1.165, 1.54) is 5.56 Å². The normalized spacial score (nSPS) is 14.1. The van der Waals surface area contributed by atoms with E-state index >= 15 is 0 Å². The second-order valence-corrected chi connectivity index (χ2v) is 8.99. The van der Waals surface area contributed by atoms with E-state index < -0.39 is 0 Å². The number of piperazine rings is 1. The van der Waals surface area contributed by atoms with E-state index in [2.05, 4.69) is 26.9 Å². The van der Waals surface area contributed by atoms with Gasteiger partial charge in [-0.25, -0.2) is 9.78 Å². The number of nitrogens with zero attached hydrogens (tertiary/aromatic N) is 4. The van der Waals surface area contributed by atoms with E-state index in [1.807, 2.05) is 56.3 Å². The first kappa shape index (κ1) is 24.4. The Morgan fingerprint density at radius 2 is 1.63 bits per heavy atom. The fourth-order valence-corrected chi connectivity index (χ4v) is 4.18. The molecule has 0 spiro atoms. The van der Waals surface area contributed by atoms with Crippen molar-refractivity contribution in [3.63, 3.8) is 0 Å². The number of hydrogen-bond donors (Lipinski definition) is 0. The molecule has 7 heteroatoms. The summed E-state index contributed by atoms with van der Waals surface area (Å²) < 4.78 is 5.39. The molecule has 3 aromatic rings. The molecule has 1 amide bonds. The number of aromatic nitrogens is 1. The summed E-state index contributed by atoms with van der Waals surface area (Å²) >= 11 is 0. The van der Waals surface area contributed by atoms with E-state index in [1.54, 1.807) is 30.3 Å². The molecule has 1 aliphatic heterocycles. The number of ether oxygens (including phenoxy) is 1. The van der Waals surface area contributed by atoms with Crippen LogP contribution in [0.2, 0.25) is 0 Å². The van der Waals surface area contributed by atoms with Crippen LogP contribution < -0.4 is 9.80 Å². The van der Waals surface area contributed by atoms with Gasteiger partial charge in [0.1, 0.15) is 11.4 Å². The van der Waals surface area contributed by atoms with E-state index in [0.717, 1.165) is 38.4 Å². The number of pyridine rings is 1. The minimum atomic E-state index is -0.332. The molecule has 0 atom stereocenters. The number of carbonyl (C=O) groups excluding carboxylic acids is 2. The van der Waals surface area contributed by atoms with Gasteiger partial charge in [-0.05, 0) is 55.8 Å². The SMILES string of the molecule is CC(C)OC(=O)c1cccnc1N1CCN(Cc2ccc(N(C)C(=O)c3ccccc3)cc2)CC1. The Morgan fingerprint density at radius 1 is 0.943 bits per heavy atom.